The van der Waals surface area contributed by atoms with Crippen LogP contribution in [0.4, 0.5) is 5.69 Å². The molecule has 4 aromatic carbocycles. The summed E-state index contributed by atoms with van der Waals surface area (Å²) in [6, 6.07) is 31.8. The lowest BCUT2D eigenvalue weighted by Crippen LogP contribution is -1.97. The molecular formula is C23H15N. The molecule has 1 aliphatic rings. The van der Waals surface area contributed by atoms with Crippen molar-refractivity contribution in [3.63, 3.8) is 0 Å². The van der Waals surface area contributed by atoms with E-state index in [1.807, 2.05) is 0 Å². The summed E-state index contributed by atoms with van der Waals surface area (Å²) in [4.78, 5) is 5.09. The zero-order valence-corrected chi connectivity index (χ0v) is 13.1. The second-order valence-corrected chi connectivity index (χ2v) is 6.05. The molecule has 0 amide bonds. The van der Waals surface area contributed by atoms with Crippen molar-refractivity contribution in [2.75, 3.05) is 0 Å². The van der Waals surface area contributed by atoms with Crippen molar-refractivity contribution in [3.8, 4) is 11.1 Å². The first-order valence-electron chi connectivity index (χ1n) is 8.17. The molecule has 0 N–H and O–H groups in total. The predicted octanol–water partition coefficient (Wildman–Crippen LogP) is 5.99. The van der Waals surface area contributed by atoms with Gasteiger partial charge >= 0.3 is 0 Å². The maximum atomic E-state index is 5.09. The number of nitrogens with zero attached hydrogens (tertiary/aromatic N) is 1. The Morgan fingerprint density at radius 1 is 0.458 bits per heavy atom. The highest BCUT2D eigenvalue weighted by Crippen LogP contribution is 2.38. The lowest BCUT2D eigenvalue weighted by molar-refractivity contribution is 1.53. The van der Waals surface area contributed by atoms with Gasteiger partial charge in [0.25, 0.3) is 0 Å². The highest BCUT2D eigenvalue weighted by molar-refractivity contribution is 6.25. The SMILES string of the molecule is c1ccc2c(c1)C(=Nc1cccc3ccccc13)c1ccccc1-2. The zero-order valence-electron chi connectivity index (χ0n) is 13.1. The van der Waals surface area contributed by atoms with Crippen LogP contribution in [0.1, 0.15) is 11.1 Å². The molecule has 1 heteroatoms. The van der Waals surface area contributed by atoms with E-state index in [0.717, 1.165) is 11.4 Å². The molecule has 0 heterocycles. The van der Waals surface area contributed by atoms with Crippen molar-refractivity contribution in [2.45, 2.75) is 0 Å². The molecule has 0 aromatic heterocycles. The average Bonchev–Trinajstić information content (AvgIpc) is 2.97. The number of benzene rings is 4. The van der Waals surface area contributed by atoms with Crippen molar-refractivity contribution in [2.24, 2.45) is 4.99 Å². The fourth-order valence-corrected chi connectivity index (χ4v) is 3.54. The smallest absolute Gasteiger partial charge is 0.0794 e. The van der Waals surface area contributed by atoms with Gasteiger partial charge in [0.15, 0.2) is 0 Å². The lowest BCUT2D eigenvalue weighted by Gasteiger charge is -2.05. The molecule has 112 valence electrons. The van der Waals surface area contributed by atoms with Gasteiger partial charge in [-0.1, -0.05) is 84.9 Å². The van der Waals surface area contributed by atoms with Crippen molar-refractivity contribution in [1.29, 1.82) is 0 Å². The summed E-state index contributed by atoms with van der Waals surface area (Å²) in [5, 5.41) is 2.41. The van der Waals surface area contributed by atoms with Crippen LogP contribution < -0.4 is 0 Å². The molecule has 0 spiro atoms. The van der Waals surface area contributed by atoms with Gasteiger partial charge in [0.1, 0.15) is 0 Å². The maximum Gasteiger partial charge on any atom is 0.0794 e. The van der Waals surface area contributed by atoms with Crippen molar-refractivity contribution < 1.29 is 0 Å². The molecule has 1 aliphatic carbocycles. The lowest BCUT2D eigenvalue weighted by atomic mass is 10.1. The third-order valence-corrected chi connectivity index (χ3v) is 4.65. The van der Waals surface area contributed by atoms with Gasteiger partial charge < -0.3 is 0 Å². The van der Waals surface area contributed by atoms with E-state index in [1.54, 1.807) is 0 Å². The van der Waals surface area contributed by atoms with Gasteiger partial charge in [0.05, 0.1) is 11.4 Å². The molecule has 0 radical (unpaired) electrons. The molecule has 4 aromatic rings. The van der Waals surface area contributed by atoms with Crippen LogP contribution >= 0.6 is 0 Å². The monoisotopic (exact) mass is 305 g/mol. The van der Waals surface area contributed by atoms with Gasteiger partial charge in [-0.3, -0.25) is 0 Å². The van der Waals surface area contributed by atoms with Gasteiger partial charge in [-0.2, -0.15) is 0 Å². The van der Waals surface area contributed by atoms with Gasteiger partial charge in [-0.05, 0) is 22.6 Å². The molecule has 0 unspecified atom stereocenters. The van der Waals surface area contributed by atoms with Gasteiger partial charge in [0.2, 0.25) is 0 Å². The number of fused-ring (bicyclic) bond motifs is 4. The van der Waals surface area contributed by atoms with E-state index in [4.69, 9.17) is 4.99 Å². The van der Waals surface area contributed by atoms with Gasteiger partial charge in [0, 0.05) is 16.5 Å². The minimum absolute atomic E-state index is 1.02. The van der Waals surface area contributed by atoms with Crippen LogP contribution in [-0.2, 0) is 0 Å². The number of hydrogen-bond donors (Lipinski definition) is 0. The Bertz CT molecular complexity index is 1050. The number of hydrogen-bond acceptors (Lipinski definition) is 1. The predicted molar refractivity (Wildman–Crippen MR) is 101 cm³/mol. The molecule has 0 saturated carbocycles. The first kappa shape index (κ1) is 13.3. The first-order valence-corrected chi connectivity index (χ1v) is 8.17. The van der Waals surface area contributed by atoms with Crippen molar-refractivity contribution in [3.05, 3.63) is 102 Å². The minimum Gasteiger partial charge on any atom is -0.247 e. The van der Waals surface area contributed by atoms with E-state index < -0.39 is 0 Å². The van der Waals surface area contributed by atoms with Crippen LogP contribution in [0.5, 0.6) is 0 Å². The van der Waals surface area contributed by atoms with E-state index in [-0.39, 0.29) is 0 Å². The van der Waals surface area contributed by atoms with E-state index in [9.17, 15) is 0 Å². The number of rotatable bonds is 1. The van der Waals surface area contributed by atoms with E-state index in [0.29, 0.717) is 0 Å². The minimum atomic E-state index is 1.02. The fraction of sp³-hybridized carbons (Fsp3) is 0. The summed E-state index contributed by atoms with van der Waals surface area (Å²) in [5.74, 6) is 0. The molecule has 0 saturated heterocycles. The Morgan fingerprint density at radius 2 is 1.00 bits per heavy atom. The molecule has 24 heavy (non-hydrogen) atoms. The molecule has 0 aliphatic heterocycles. The molecular weight excluding hydrogens is 290 g/mol. The Labute approximate surface area is 140 Å². The summed E-state index contributed by atoms with van der Waals surface area (Å²) in [6.07, 6.45) is 0. The van der Waals surface area contributed by atoms with Crippen LogP contribution in [0.3, 0.4) is 0 Å². The molecule has 5 rings (SSSR count). The van der Waals surface area contributed by atoms with E-state index in [1.165, 1.54) is 33.0 Å². The van der Waals surface area contributed by atoms with E-state index >= 15 is 0 Å². The number of aliphatic imine (C=N–C) groups is 1. The van der Waals surface area contributed by atoms with Crippen molar-refractivity contribution >= 4 is 22.2 Å². The quantitative estimate of drug-likeness (QED) is 0.361. The summed E-state index contributed by atoms with van der Waals surface area (Å²) in [6.45, 7) is 0. The van der Waals surface area contributed by atoms with Crippen LogP contribution in [-0.4, -0.2) is 5.71 Å². The third kappa shape index (κ3) is 1.92. The second kappa shape index (κ2) is 5.17. The van der Waals surface area contributed by atoms with E-state index in [2.05, 4.69) is 91.0 Å². The highest BCUT2D eigenvalue weighted by atomic mass is 14.8. The van der Waals surface area contributed by atoms with Gasteiger partial charge in [-0.15, -0.1) is 0 Å². The summed E-state index contributed by atoms with van der Waals surface area (Å²) in [5.41, 5.74) is 7.06. The Hall–Kier alpha value is -3.19. The third-order valence-electron chi connectivity index (χ3n) is 4.65. The highest BCUT2D eigenvalue weighted by Gasteiger charge is 2.23. The summed E-state index contributed by atoms with van der Waals surface area (Å²) < 4.78 is 0. The Balaban J connectivity index is 1.81. The normalized spacial score (nSPS) is 12.1. The molecule has 0 atom stereocenters. The standard InChI is InChI=1S/C23H15N/c1-2-10-17-16(8-1)9-7-15-22(17)24-23-20-13-5-3-11-18(20)19-12-4-6-14-21(19)23/h1-15H. The topological polar surface area (TPSA) is 12.4 Å². The van der Waals surface area contributed by atoms with Crippen LogP contribution in [0, 0.1) is 0 Å². The van der Waals surface area contributed by atoms with Crippen LogP contribution in [0.25, 0.3) is 21.9 Å². The second-order valence-electron chi connectivity index (χ2n) is 6.05. The first-order chi connectivity index (χ1) is 11.9. The summed E-state index contributed by atoms with van der Waals surface area (Å²) in [7, 11) is 0. The Kier molecular flexibility index (Phi) is 2.86. The van der Waals surface area contributed by atoms with Crippen LogP contribution in [0.15, 0.2) is 96.0 Å². The van der Waals surface area contributed by atoms with Crippen molar-refractivity contribution in [1.82, 2.24) is 0 Å². The fourth-order valence-electron chi connectivity index (χ4n) is 3.54. The zero-order chi connectivity index (χ0) is 15.9. The molecule has 1 nitrogen and oxygen atoms in total. The summed E-state index contributed by atoms with van der Waals surface area (Å²) >= 11 is 0. The van der Waals surface area contributed by atoms with Crippen LogP contribution in [0.2, 0.25) is 0 Å². The molecule has 0 fully saturated rings. The maximum absolute atomic E-state index is 5.09. The van der Waals surface area contributed by atoms with Gasteiger partial charge in [-0.25, -0.2) is 4.99 Å². The largest absolute Gasteiger partial charge is 0.247 e. The average molecular weight is 305 g/mol. The molecule has 0 bridgehead atoms. The Morgan fingerprint density at radius 3 is 1.71 bits per heavy atom.